The molecule has 0 saturated carbocycles. The fourth-order valence-corrected chi connectivity index (χ4v) is 1.72. The fraction of sp³-hybridized carbons (Fsp3) is 0.200. The fourth-order valence-electron chi connectivity index (χ4n) is 1.04. The summed E-state index contributed by atoms with van der Waals surface area (Å²) in [4.78, 5) is 0. The number of benzene rings is 1. The molecule has 0 atom stereocenters. The Balaban J connectivity index is 3.27. The number of halogens is 2. The number of hydrogen-bond donors (Lipinski definition) is 0. The first-order valence-corrected chi connectivity index (χ1v) is 4.55. The number of rotatable bonds is 2. The number of aryl methyl sites for hydroxylation is 1. The molecule has 0 unspecified atom stereocenters. The molecule has 2 heteroatoms. The lowest BCUT2D eigenvalue weighted by Gasteiger charge is -2.04. The third-order valence-electron chi connectivity index (χ3n) is 1.75. The van der Waals surface area contributed by atoms with Gasteiger partial charge in [-0.05, 0) is 24.1 Å². The van der Waals surface area contributed by atoms with Crippen LogP contribution in [0.2, 0.25) is 10.0 Å². The van der Waals surface area contributed by atoms with E-state index < -0.39 is 0 Å². The third-order valence-corrected chi connectivity index (χ3v) is 2.38. The molecular formula is C10H10Cl2. The van der Waals surface area contributed by atoms with Crippen LogP contribution in [0.15, 0.2) is 18.7 Å². The molecule has 12 heavy (non-hydrogen) atoms. The van der Waals surface area contributed by atoms with Crippen LogP contribution >= 0.6 is 23.2 Å². The van der Waals surface area contributed by atoms with Crippen LogP contribution < -0.4 is 0 Å². The van der Waals surface area contributed by atoms with E-state index in [9.17, 15) is 0 Å². The van der Waals surface area contributed by atoms with Gasteiger partial charge in [0.15, 0.2) is 0 Å². The molecule has 0 radical (unpaired) electrons. The maximum absolute atomic E-state index is 5.96. The molecule has 0 bridgehead atoms. The van der Waals surface area contributed by atoms with Gasteiger partial charge in [0.2, 0.25) is 0 Å². The Bertz CT molecular complexity index is 280. The average molecular weight is 201 g/mol. The smallest absolute Gasteiger partial charge is 0.0495 e. The Morgan fingerprint density at radius 3 is 2.17 bits per heavy atom. The molecule has 64 valence electrons. The summed E-state index contributed by atoms with van der Waals surface area (Å²) >= 11 is 11.9. The molecule has 0 nitrogen and oxygen atoms in total. The van der Waals surface area contributed by atoms with Gasteiger partial charge in [0, 0.05) is 15.6 Å². The summed E-state index contributed by atoms with van der Waals surface area (Å²) in [5.41, 5.74) is 1.96. The first-order chi connectivity index (χ1) is 5.69. The van der Waals surface area contributed by atoms with Gasteiger partial charge in [-0.3, -0.25) is 0 Å². The molecule has 1 rings (SSSR count). The average Bonchev–Trinajstić information content (AvgIpc) is 2.03. The van der Waals surface area contributed by atoms with E-state index >= 15 is 0 Å². The Morgan fingerprint density at radius 1 is 1.33 bits per heavy atom. The van der Waals surface area contributed by atoms with Crippen LogP contribution in [0.1, 0.15) is 18.1 Å². The molecule has 1 aromatic rings. The summed E-state index contributed by atoms with van der Waals surface area (Å²) in [5.74, 6) is 0. The summed E-state index contributed by atoms with van der Waals surface area (Å²) in [6, 6.07) is 3.84. The normalized spacial score (nSPS) is 9.92. The summed E-state index contributed by atoms with van der Waals surface area (Å²) < 4.78 is 0. The highest BCUT2D eigenvalue weighted by Gasteiger charge is 2.03. The van der Waals surface area contributed by atoms with E-state index in [2.05, 4.69) is 13.5 Å². The zero-order chi connectivity index (χ0) is 9.14. The van der Waals surface area contributed by atoms with Crippen molar-refractivity contribution in [1.29, 1.82) is 0 Å². The molecule has 0 spiro atoms. The van der Waals surface area contributed by atoms with Crippen LogP contribution in [0.5, 0.6) is 0 Å². The maximum atomic E-state index is 5.96. The van der Waals surface area contributed by atoms with Crippen LogP contribution in [0.25, 0.3) is 6.08 Å². The number of hydrogen-bond acceptors (Lipinski definition) is 0. The van der Waals surface area contributed by atoms with Crippen molar-refractivity contribution < 1.29 is 0 Å². The molecule has 0 amide bonds. The Kier molecular flexibility index (Phi) is 3.19. The monoisotopic (exact) mass is 200 g/mol. The van der Waals surface area contributed by atoms with Crippen molar-refractivity contribution in [3.63, 3.8) is 0 Å². The van der Waals surface area contributed by atoms with Gasteiger partial charge in [0.25, 0.3) is 0 Å². The quantitative estimate of drug-likeness (QED) is 0.672. The van der Waals surface area contributed by atoms with Crippen LogP contribution in [0.4, 0.5) is 0 Å². The van der Waals surface area contributed by atoms with E-state index in [0.717, 1.165) is 17.5 Å². The highest BCUT2D eigenvalue weighted by molar-refractivity contribution is 6.37. The van der Waals surface area contributed by atoms with Crippen molar-refractivity contribution in [2.24, 2.45) is 0 Å². The Morgan fingerprint density at radius 2 is 1.83 bits per heavy atom. The topological polar surface area (TPSA) is 0 Å². The van der Waals surface area contributed by atoms with E-state index in [4.69, 9.17) is 23.2 Å². The maximum Gasteiger partial charge on any atom is 0.0495 e. The molecule has 0 aliphatic rings. The van der Waals surface area contributed by atoms with Gasteiger partial charge in [0.1, 0.15) is 0 Å². The van der Waals surface area contributed by atoms with Crippen molar-refractivity contribution in [3.8, 4) is 0 Å². The first-order valence-electron chi connectivity index (χ1n) is 3.79. The van der Waals surface area contributed by atoms with E-state index in [1.807, 2.05) is 12.1 Å². The SMILES string of the molecule is C=Cc1c(Cl)cc(CC)cc1Cl. The minimum atomic E-state index is 0.675. The molecule has 0 aliphatic heterocycles. The van der Waals surface area contributed by atoms with Gasteiger partial charge in [-0.15, -0.1) is 0 Å². The minimum Gasteiger partial charge on any atom is -0.0984 e. The summed E-state index contributed by atoms with van der Waals surface area (Å²) in [5, 5.41) is 1.35. The van der Waals surface area contributed by atoms with Crippen molar-refractivity contribution in [2.45, 2.75) is 13.3 Å². The lowest BCUT2D eigenvalue weighted by Crippen LogP contribution is -1.84. The summed E-state index contributed by atoms with van der Waals surface area (Å²) in [6.07, 6.45) is 2.61. The van der Waals surface area contributed by atoms with Gasteiger partial charge >= 0.3 is 0 Å². The second-order valence-electron chi connectivity index (χ2n) is 2.53. The van der Waals surface area contributed by atoms with E-state index in [1.165, 1.54) is 0 Å². The first kappa shape index (κ1) is 9.63. The van der Waals surface area contributed by atoms with Gasteiger partial charge in [-0.25, -0.2) is 0 Å². The standard InChI is InChI=1S/C10H10Cl2/c1-3-7-5-9(11)8(4-2)10(12)6-7/h4-6H,2-3H2,1H3. The summed E-state index contributed by atoms with van der Waals surface area (Å²) in [6.45, 7) is 5.70. The van der Waals surface area contributed by atoms with Crippen molar-refractivity contribution in [1.82, 2.24) is 0 Å². The Hall–Kier alpha value is -0.460. The lowest BCUT2D eigenvalue weighted by molar-refractivity contribution is 1.14. The zero-order valence-corrected chi connectivity index (χ0v) is 8.41. The van der Waals surface area contributed by atoms with Gasteiger partial charge in [0.05, 0.1) is 0 Å². The molecule has 0 saturated heterocycles. The zero-order valence-electron chi connectivity index (χ0n) is 6.90. The molecular weight excluding hydrogens is 191 g/mol. The van der Waals surface area contributed by atoms with Crippen LogP contribution in [-0.2, 0) is 6.42 Å². The molecule has 0 fully saturated rings. The summed E-state index contributed by atoms with van der Waals surface area (Å²) in [7, 11) is 0. The predicted octanol–water partition coefficient (Wildman–Crippen LogP) is 4.20. The van der Waals surface area contributed by atoms with E-state index in [1.54, 1.807) is 6.08 Å². The van der Waals surface area contributed by atoms with Gasteiger partial charge in [-0.2, -0.15) is 0 Å². The van der Waals surface area contributed by atoms with Crippen LogP contribution in [0, 0.1) is 0 Å². The molecule has 1 aromatic carbocycles. The van der Waals surface area contributed by atoms with Crippen molar-refractivity contribution in [3.05, 3.63) is 39.9 Å². The van der Waals surface area contributed by atoms with Crippen LogP contribution in [-0.4, -0.2) is 0 Å². The second-order valence-corrected chi connectivity index (χ2v) is 3.35. The van der Waals surface area contributed by atoms with E-state index in [0.29, 0.717) is 10.0 Å². The highest BCUT2D eigenvalue weighted by Crippen LogP contribution is 2.27. The lowest BCUT2D eigenvalue weighted by atomic mass is 10.1. The van der Waals surface area contributed by atoms with Crippen molar-refractivity contribution in [2.75, 3.05) is 0 Å². The second kappa shape index (κ2) is 3.97. The predicted molar refractivity (Wildman–Crippen MR) is 55.9 cm³/mol. The highest BCUT2D eigenvalue weighted by atomic mass is 35.5. The minimum absolute atomic E-state index is 0.675. The van der Waals surface area contributed by atoms with Crippen LogP contribution in [0.3, 0.4) is 0 Å². The largest absolute Gasteiger partial charge is 0.0984 e. The molecule has 0 heterocycles. The van der Waals surface area contributed by atoms with Gasteiger partial charge < -0.3 is 0 Å². The Labute approximate surface area is 82.8 Å². The van der Waals surface area contributed by atoms with Gasteiger partial charge in [-0.1, -0.05) is 42.8 Å². The van der Waals surface area contributed by atoms with Crippen molar-refractivity contribution >= 4 is 29.3 Å². The van der Waals surface area contributed by atoms with E-state index in [-0.39, 0.29) is 0 Å². The molecule has 0 aromatic heterocycles. The third kappa shape index (κ3) is 1.82. The molecule has 0 aliphatic carbocycles. The molecule has 0 N–H and O–H groups in total.